The molecule has 3 rings (SSSR count). The van der Waals surface area contributed by atoms with Crippen LogP contribution in [0.4, 0.5) is 4.39 Å². The van der Waals surface area contributed by atoms with E-state index in [9.17, 15) is 17.6 Å². The van der Waals surface area contributed by atoms with Crippen molar-refractivity contribution in [3.05, 3.63) is 29.6 Å². The number of piperidine rings is 1. The lowest BCUT2D eigenvalue weighted by atomic mass is 9.96. The van der Waals surface area contributed by atoms with E-state index < -0.39 is 20.7 Å². The van der Waals surface area contributed by atoms with Crippen LogP contribution >= 0.6 is 0 Å². The normalized spacial score (nSPS) is 20.6. The second-order valence-electron chi connectivity index (χ2n) is 7.63. The van der Waals surface area contributed by atoms with Crippen LogP contribution in [0.3, 0.4) is 0 Å². The summed E-state index contributed by atoms with van der Waals surface area (Å²) >= 11 is 0. The van der Waals surface area contributed by atoms with Gasteiger partial charge in [-0.3, -0.25) is 4.79 Å². The summed E-state index contributed by atoms with van der Waals surface area (Å²) in [4.78, 5) is 12.2. The quantitative estimate of drug-likeness (QED) is 0.841. The molecule has 1 N–H and O–H groups in total. The summed E-state index contributed by atoms with van der Waals surface area (Å²) in [6, 6.07) is 3.74. The first-order chi connectivity index (χ1) is 13.0. The number of hydrogen-bond acceptors (Lipinski definition) is 3. The predicted molar refractivity (Wildman–Crippen MR) is 103 cm³/mol. The lowest BCUT2D eigenvalue weighted by Crippen LogP contribution is -2.37. The highest BCUT2D eigenvalue weighted by molar-refractivity contribution is 7.89. The summed E-state index contributed by atoms with van der Waals surface area (Å²) in [6.07, 6.45) is 10.2. The molecule has 1 saturated carbocycles. The van der Waals surface area contributed by atoms with Crippen molar-refractivity contribution in [2.45, 2.75) is 75.1 Å². The van der Waals surface area contributed by atoms with Crippen molar-refractivity contribution in [1.29, 1.82) is 0 Å². The summed E-state index contributed by atoms with van der Waals surface area (Å²) in [7, 11) is -3.91. The van der Waals surface area contributed by atoms with E-state index in [0.29, 0.717) is 13.1 Å². The lowest BCUT2D eigenvalue weighted by molar-refractivity contribution is 0.0930. The van der Waals surface area contributed by atoms with Gasteiger partial charge in [-0.05, 0) is 43.9 Å². The minimum atomic E-state index is -3.91. The van der Waals surface area contributed by atoms with E-state index in [1.54, 1.807) is 0 Å². The van der Waals surface area contributed by atoms with Crippen LogP contribution in [0.1, 0.15) is 74.6 Å². The van der Waals surface area contributed by atoms with Crippen LogP contribution in [0.2, 0.25) is 0 Å². The van der Waals surface area contributed by atoms with Gasteiger partial charge in [0, 0.05) is 24.7 Å². The number of hydrogen-bond donors (Lipinski definition) is 1. The summed E-state index contributed by atoms with van der Waals surface area (Å²) in [5.74, 6) is -1.13. The Kier molecular flexibility index (Phi) is 6.87. The Balaban J connectivity index is 1.76. The second kappa shape index (κ2) is 9.15. The van der Waals surface area contributed by atoms with Gasteiger partial charge in [-0.25, -0.2) is 12.8 Å². The second-order valence-corrected chi connectivity index (χ2v) is 9.53. The summed E-state index contributed by atoms with van der Waals surface area (Å²) in [5.41, 5.74) is 0.203. The van der Waals surface area contributed by atoms with Crippen LogP contribution in [-0.2, 0) is 10.0 Å². The lowest BCUT2D eigenvalue weighted by Gasteiger charge is -2.26. The van der Waals surface area contributed by atoms with Gasteiger partial charge in [-0.15, -0.1) is 0 Å². The van der Waals surface area contributed by atoms with Gasteiger partial charge < -0.3 is 5.32 Å². The molecule has 27 heavy (non-hydrogen) atoms. The van der Waals surface area contributed by atoms with Crippen molar-refractivity contribution in [3.63, 3.8) is 0 Å². The van der Waals surface area contributed by atoms with Crippen molar-refractivity contribution >= 4 is 15.9 Å². The molecule has 0 unspecified atom stereocenters. The number of benzene rings is 1. The smallest absolute Gasteiger partial charge is 0.251 e. The predicted octanol–water partition coefficient (Wildman–Crippen LogP) is 3.84. The first-order valence-electron chi connectivity index (χ1n) is 10.1. The molecule has 5 nitrogen and oxygen atoms in total. The Labute approximate surface area is 161 Å². The molecule has 7 heteroatoms. The number of sulfonamides is 1. The Morgan fingerprint density at radius 2 is 1.56 bits per heavy atom. The first kappa shape index (κ1) is 20.3. The number of carbonyl (C=O) groups is 1. The number of amides is 1. The third-order valence-corrected chi connectivity index (χ3v) is 7.48. The van der Waals surface area contributed by atoms with Gasteiger partial charge in [0.05, 0.1) is 0 Å². The number of carbonyl (C=O) groups excluding carboxylic acids is 1. The minimum Gasteiger partial charge on any atom is -0.349 e. The van der Waals surface area contributed by atoms with Gasteiger partial charge in [0.2, 0.25) is 10.0 Å². The van der Waals surface area contributed by atoms with Crippen LogP contribution in [0.5, 0.6) is 0 Å². The maximum Gasteiger partial charge on any atom is 0.251 e. The molecule has 1 aromatic carbocycles. The van der Waals surface area contributed by atoms with E-state index in [4.69, 9.17) is 0 Å². The SMILES string of the molecule is O=C(NC1CCCCCCC1)c1ccc(F)c(S(=O)(=O)N2CCCCC2)c1. The number of halogens is 1. The molecule has 1 saturated heterocycles. The van der Waals surface area contributed by atoms with E-state index in [2.05, 4.69) is 5.32 Å². The van der Waals surface area contributed by atoms with E-state index in [-0.39, 0.29) is 17.5 Å². The third-order valence-electron chi connectivity index (χ3n) is 5.57. The Hall–Kier alpha value is -1.47. The fourth-order valence-electron chi connectivity index (χ4n) is 3.96. The summed E-state index contributed by atoms with van der Waals surface area (Å²) < 4.78 is 41.2. The maximum absolute atomic E-state index is 14.3. The van der Waals surface area contributed by atoms with Crippen molar-refractivity contribution < 1.29 is 17.6 Å². The first-order valence-corrected chi connectivity index (χ1v) is 11.5. The molecule has 1 aromatic rings. The average molecular weight is 397 g/mol. The van der Waals surface area contributed by atoms with Crippen molar-refractivity contribution in [3.8, 4) is 0 Å². The largest absolute Gasteiger partial charge is 0.349 e. The van der Waals surface area contributed by atoms with E-state index >= 15 is 0 Å². The van der Waals surface area contributed by atoms with E-state index in [0.717, 1.165) is 51.0 Å². The molecule has 1 amide bonds. The van der Waals surface area contributed by atoms with Crippen molar-refractivity contribution in [2.24, 2.45) is 0 Å². The van der Waals surface area contributed by atoms with E-state index in [1.165, 1.54) is 35.7 Å². The molecule has 2 fully saturated rings. The fourth-order valence-corrected chi connectivity index (χ4v) is 5.56. The van der Waals surface area contributed by atoms with E-state index in [1.807, 2.05) is 0 Å². The molecule has 0 spiro atoms. The molecule has 1 aliphatic heterocycles. The molecule has 1 aliphatic carbocycles. The molecule has 0 bridgehead atoms. The van der Waals surface area contributed by atoms with Gasteiger partial charge >= 0.3 is 0 Å². The topological polar surface area (TPSA) is 66.5 Å². The number of rotatable bonds is 4. The molecular formula is C20H29FN2O3S. The Morgan fingerprint density at radius 1 is 0.963 bits per heavy atom. The highest BCUT2D eigenvalue weighted by Gasteiger charge is 2.29. The van der Waals surface area contributed by atoms with Gasteiger partial charge in [0.15, 0.2) is 0 Å². The standard InChI is InChI=1S/C20H29FN2O3S/c21-18-12-11-16(20(24)22-17-9-5-2-1-3-6-10-17)15-19(18)27(25,26)23-13-7-4-8-14-23/h11-12,15,17H,1-10,13-14H2,(H,22,24). The van der Waals surface area contributed by atoms with Crippen LogP contribution in [0.15, 0.2) is 23.1 Å². The van der Waals surface area contributed by atoms with Crippen LogP contribution < -0.4 is 5.32 Å². The van der Waals surface area contributed by atoms with Gasteiger partial charge in [0.1, 0.15) is 10.7 Å². The Morgan fingerprint density at radius 3 is 2.22 bits per heavy atom. The summed E-state index contributed by atoms with van der Waals surface area (Å²) in [6.45, 7) is 0.806. The maximum atomic E-state index is 14.3. The van der Waals surface area contributed by atoms with Gasteiger partial charge in [-0.1, -0.05) is 38.5 Å². The molecule has 1 heterocycles. The van der Waals surface area contributed by atoms with Crippen molar-refractivity contribution in [1.82, 2.24) is 9.62 Å². The highest BCUT2D eigenvalue weighted by atomic mass is 32.2. The molecular weight excluding hydrogens is 367 g/mol. The molecule has 2 aliphatic rings. The zero-order valence-electron chi connectivity index (χ0n) is 15.8. The summed E-state index contributed by atoms with van der Waals surface area (Å²) in [5, 5.41) is 3.01. The zero-order valence-corrected chi connectivity index (χ0v) is 16.6. The van der Waals surface area contributed by atoms with Gasteiger partial charge in [0.25, 0.3) is 5.91 Å². The molecule has 0 aromatic heterocycles. The van der Waals surface area contributed by atoms with Crippen LogP contribution in [0.25, 0.3) is 0 Å². The minimum absolute atomic E-state index is 0.102. The molecule has 0 atom stereocenters. The Bertz CT molecular complexity index is 752. The molecule has 150 valence electrons. The molecule has 0 radical (unpaired) electrons. The zero-order chi connectivity index (χ0) is 19.3. The van der Waals surface area contributed by atoms with Gasteiger partial charge in [-0.2, -0.15) is 4.31 Å². The third kappa shape index (κ3) is 5.08. The average Bonchev–Trinajstić information content (AvgIpc) is 2.64. The van der Waals surface area contributed by atoms with Crippen molar-refractivity contribution in [2.75, 3.05) is 13.1 Å². The number of nitrogens with zero attached hydrogens (tertiary/aromatic N) is 1. The number of nitrogens with one attached hydrogen (secondary N) is 1. The highest BCUT2D eigenvalue weighted by Crippen LogP contribution is 2.24. The van der Waals surface area contributed by atoms with Crippen LogP contribution in [-0.4, -0.2) is 37.8 Å². The van der Waals surface area contributed by atoms with Crippen LogP contribution in [0, 0.1) is 5.82 Å². The fraction of sp³-hybridized carbons (Fsp3) is 0.650. The monoisotopic (exact) mass is 396 g/mol.